The number of hydrogen-bond donors (Lipinski definition) is 1. The first kappa shape index (κ1) is 13.8. The number of rotatable bonds is 5. The summed E-state index contributed by atoms with van der Waals surface area (Å²) in [5.74, 6) is 2.99. The summed E-state index contributed by atoms with van der Waals surface area (Å²) in [6, 6.07) is 0. The summed E-state index contributed by atoms with van der Waals surface area (Å²) in [6.07, 6.45) is 7.83. The molecule has 4 rings (SSSR count). The maximum Gasteiger partial charge on any atom is 0.190 e. The molecule has 5 heteroatoms. The molecule has 2 aromatic heterocycles. The van der Waals surface area contributed by atoms with Crippen molar-refractivity contribution in [2.24, 2.45) is 5.92 Å². The van der Waals surface area contributed by atoms with Crippen LogP contribution in [0.2, 0.25) is 0 Å². The molecule has 0 saturated heterocycles. The number of nitrogens with zero attached hydrogens (tertiary/aromatic N) is 2. The van der Waals surface area contributed by atoms with E-state index in [1.807, 2.05) is 11.3 Å². The minimum absolute atomic E-state index is 0.867. The van der Waals surface area contributed by atoms with E-state index in [0.29, 0.717) is 0 Å². The van der Waals surface area contributed by atoms with Crippen LogP contribution < -0.4 is 5.32 Å². The molecule has 0 radical (unpaired) electrons. The van der Waals surface area contributed by atoms with Gasteiger partial charge in [0.15, 0.2) is 5.16 Å². The second kappa shape index (κ2) is 5.76. The van der Waals surface area contributed by atoms with Crippen LogP contribution in [0.4, 0.5) is 5.82 Å². The van der Waals surface area contributed by atoms with Crippen LogP contribution in [0.15, 0.2) is 5.16 Å². The lowest BCUT2D eigenvalue weighted by Gasteiger charge is -2.13. The number of hydrogen-bond acceptors (Lipinski definition) is 5. The van der Waals surface area contributed by atoms with E-state index in [1.165, 1.54) is 54.3 Å². The standard InChI is InChI=1S/C16H21N3S2/c1-2-20-16-18-14(17-9-10-7-8-10)13-11-5-3-4-6-12(11)21-15(13)19-16/h10H,2-9H2,1H3,(H,17,18,19). The Morgan fingerprint density at radius 3 is 2.90 bits per heavy atom. The number of nitrogens with one attached hydrogen (secondary N) is 1. The Hall–Kier alpha value is -0.810. The van der Waals surface area contributed by atoms with E-state index in [4.69, 9.17) is 9.97 Å². The second-order valence-corrected chi connectivity index (χ2v) is 8.32. The first-order valence-corrected chi connectivity index (χ1v) is 9.84. The second-order valence-electron chi connectivity index (χ2n) is 6.00. The fourth-order valence-corrected chi connectivity index (χ4v) is 4.91. The molecule has 2 aliphatic carbocycles. The molecule has 0 amide bonds. The topological polar surface area (TPSA) is 37.8 Å². The molecular formula is C16H21N3S2. The smallest absolute Gasteiger partial charge is 0.190 e. The molecule has 3 nitrogen and oxygen atoms in total. The molecule has 0 spiro atoms. The van der Waals surface area contributed by atoms with Crippen molar-refractivity contribution in [1.29, 1.82) is 0 Å². The van der Waals surface area contributed by atoms with E-state index in [1.54, 1.807) is 16.6 Å². The minimum atomic E-state index is 0.867. The molecule has 0 atom stereocenters. The highest BCUT2D eigenvalue weighted by atomic mass is 32.2. The molecule has 21 heavy (non-hydrogen) atoms. The van der Waals surface area contributed by atoms with Gasteiger partial charge in [0.2, 0.25) is 0 Å². The van der Waals surface area contributed by atoms with Gasteiger partial charge >= 0.3 is 0 Å². The van der Waals surface area contributed by atoms with Gasteiger partial charge in [-0.25, -0.2) is 9.97 Å². The van der Waals surface area contributed by atoms with Gasteiger partial charge < -0.3 is 5.32 Å². The van der Waals surface area contributed by atoms with Crippen LogP contribution in [0.1, 0.15) is 43.0 Å². The number of aromatic nitrogens is 2. The van der Waals surface area contributed by atoms with Crippen molar-refractivity contribution < 1.29 is 0 Å². The zero-order chi connectivity index (χ0) is 14.2. The predicted octanol–water partition coefficient (Wildman–Crippen LogP) is 4.50. The third-order valence-electron chi connectivity index (χ3n) is 4.32. The van der Waals surface area contributed by atoms with Crippen molar-refractivity contribution in [3.8, 4) is 0 Å². The highest BCUT2D eigenvalue weighted by molar-refractivity contribution is 7.99. The first-order chi connectivity index (χ1) is 10.3. The van der Waals surface area contributed by atoms with Crippen molar-refractivity contribution >= 4 is 39.1 Å². The van der Waals surface area contributed by atoms with Gasteiger partial charge in [-0.1, -0.05) is 18.7 Å². The Balaban J connectivity index is 1.78. The van der Waals surface area contributed by atoms with Gasteiger partial charge in [0.05, 0.1) is 5.39 Å². The lowest BCUT2D eigenvalue weighted by atomic mass is 9.97. The van der Waals surface area contributed by atoms with E-state index in [9.17, 15) is 0 Å². The molecule has 0 aromatic carbocycles. The summed E-state index contributed by atoms with van der Waals surface area (Å²) < 4.78 is 0. The normalized spacial score (nSPS) is 18.0. The van der Waals surface area contributed by atoms with Gasteiger partial charge in [-0.05, 0) is 55.8 Å². The SMILES string of the molecule is CCSc1nc(NCC2CC2)c2c3c(sc2n1)CCCC3. The molecule has 1 N–H and O–H groups in total. The van der Waals surface area contributed by atoms with E-state index in [2.05, 4.69) is 12.2 Å². The van der Waals surface area contributed by atoms with Gasteiger partial charge in [-0.3, -0.25) is 0 Å². The molecule has 2 heterocycles. The van der Waals surface area contributed by atoms with E-state index in [0.717, 1.165) is 29.2 Å². The number of fused-ring (bicyclic) bond motifs is 3. The van der Waals surface area contributed by atoms with Crippen LogP contribution in [-0.2, 0) is 12.8 Å². The van der Waals surface area contributed by atoms with Crippen LogP contribution in [0, 0.1) is 5.92 Å². The van der Waals surface area contributed by atoms with Crippen molar-refractivity contribution in [2.45, 2.75) is 50.6 Å². The zero-order valence-electron chi connectivity index (χ0n) is 12.4. The summed E-state index contributed by atoms with van der Waals surface area (Å²) >= 11 is 3.64. The third-order valence-corrected chi connectivity index (χ3v) is 6.24. The quantitative estimate of drug-likeness (QED) is 0.650. The zero-order valence-corrected chi connectivity index (χ0v) is 14.1. The van der Waals surface area contributed by atoms with Gasteiger partial charge in [0.1, 0.15) is 10.6 Å². The van der Waals surface area contributed by atoms with Gasteiger partial charge in [0, 0.05) is 11.4 Å². The van der Waals surface area contributed by atoms with Gasteiger partial charge in [-0.15, -0.1) is 11.3 Å². The van der Waals surface area contributed by atoms with Crippen LogP contribution >= 0.6 is 23.1 Å². The summed E-state index contributed by atoms with van der Waals surface area (Å²) in [5.41, 5.74) is 1.53. The van der Waals surface area contributed by atoms with Crippen LogP contribution in [-0.4, -0.2) is 22.3 Å². The molecule has 2 aromatic rings. The number of thioether (sulfide) groups is 1. The molecule has 0 aliphatic heterocycles. The third kappa shape index (κ3) is 2.78. The fraction of sp³-hybridized carbons (Fsp3) is 0.625. The number of anilines is 1. The van der Waals surface area contributed by atoms with Crippen molar-refractivity contribution in [3.63, 3.8) is 0 Å². The maximum absolute atomic E-state index is 4.82. The van der Waals surface area contributed by atoms with E-state index in [-0.39, 0.29) is 0 Å². The average Bonchev–Trinajstić information content (AvgIpc) is 3.24. The molecule has 0 unspecified atom stereocenters. The Morgan fingerprint density at radius 1 is 1.24 bits per heavy atom. The monoisotopic (exact) mass is 319 g/mol. The maximum atomic E-state index is 4.82. The number of aryl methyl sites for hydroxylation is 2. The predicted molar refractivity (Wildman–Crippen MR) is 91.7 cm³/mol. The molecule has 1 saturated carbocycles. The van der Waals surface area contributed by atoms with Crippen molar-refractivity contribution in [2.75, 3.05) is 17.6 Å². The molecular weight excluding hydrogens is 298 g/mol. The molecule has 0 bridgehead atoms. The van der Waals surface area contributed by atoms with Crippen LogP contribution in [0.3, 0.4) is 0 Å². The summed E-state index contributed by atoms with van der Waals surface area (Å²) in [6.45, 7) is 3.24. The van der Waals surface area contributed by atoms with E-state index < -0.39 is 0 Å². The van der Waals surface area contributed by atoms with Crippen LogP contribution in [0.25, 0.3) is 10.2 Å². The Morgan fingerprint density at radius 2 is 2.10 bits per heavy atom. The average molecular weight is 319 g/mol. The Bertz CT molecular complexity index is 661. The highest BCUT2D eigenvalue weighted by Gasteiger charge is 2.24. The van der Waals surface area contributed by atoms with Crippen molar-refractivity contribution in [3.05, 3.63) is 10.4 Å². The molecule has 112 valence electrons. The Labute approximate surface area is 134 Å². The summed E-state index contributed by atoms with van der Waals surface area (Å²) in [4.78, 5) is 12.4. The first-order valence-electron chi connectivity index (χ1n) is 8.04. The van der Waals surface area contributed by atoms with Crippen LogP contribution in [0.5, 0.6) is 0 Å². The fourth-order valence-electron chi connectivity index (χ4n) is 3.02. The summed E-state index contributed by atoms with van der Waals surface area (Å²) in [5, 5.41) is 5.89. The number of thiophene rings is 1. The summed E-state index contributed by atoms with van der Waals surface area (Å²) in [7, 11) is 0. The van der Waals surface area contributed by atoms with Crippen molar-refractivity contribution in [1.82, 2.24) is 9.97 Å². The highest BCUT2D eigenvalue weighted by Crippen LogP contribution is 2.40. The lowest BCUT2D eigenvalue weighted by Crippen LogP contribution is -2.08. The minimum Gasteiger partial charge on any atom is -0.369 e. The molecule has 2 aliphatic rings. The van der Waals surface area contributed by atoms with Gasteiger partial charge in [-0.2, -0.15) is 0 Å². The Kier molecular flexibility index (Phi) is 3.79. The largest absolute Gasteiger partial charge is 0.369 e. The molecule has 1 fully saturated rings. The van der Waals surface area contributed by atoms with E-state index >= 15 is 0 Å². The lowest BCUT2D eigenvalue weighted by molar-refractivity contribution is 0.700. The van der Waals surface area contributed by atoms with Gasteiger partial charge in [0.25, 0.3) is 0 Å².